The van der Waals surface area contributed by atoms with E-state index in [1.807, 2.05) is 0 Å². The van der Waals surface area contributed by atoms with E-state index in [1.165, 1.54) is 53.5 Å². The molecule has 1 aromatic carbocycles. The zero-order chi connectivity index (χ0) is 21.4. The summed E-state index contributed by atoms with van der Waals surface area (Å²) in [5, 5.41) is 0. The van der Waals surface area contributed by atoms with E-state index in [4.69, 9.17) is 0 Å². The number of fused-ring (bicyclic) bond motifs is 1. The van der Waals surface area contributed by atoms with E-state index in [0.717, 1.165) is 30.1 Å². The van der Waals surface area contributed by atoms with Crippen LogP contribution in [0.5, 0.6) is 0 Å². The van der Waals surface area contributed by atoms with Crippen LogP contribution in [0.1, 0.15) is 63.5 Å². The Morgan fingerprint density at radius 3 is 2.39 bits per heavy atom. The van der Waals surface area contributed by atoms with Gasteiger partial charge in [0.25, 0.3) is 0 Å². The van der Waals surface area contributed by atoms with Gasteiger partial charge in [-0.2, -0.15) is 0 Å². The average Bonchev–Trinajstić information content (AvgIpc) is 3.28. The van der Waals surface area contributed by atoms with Gasteiger partial charge in [-0.3, -0.25) is 0 Å². The number of benzene rings is 1. The standard InChI is InChI=1S/C31H36/c1-21-18-23(3)31(19-22(21)2)26-14-12-24(13-15-26)20-27-16-17-29(25-8-5-4-6-9-25)30-11-7-10-28(27)30/h5,7-17,21-23,30-31H,4,6,18-20H2,1-3H3. The molecule has 5 unspecified atom stereocenters. The average molecular weight is 409 g/mol. The predicted octanol–water partition coefficient (Wildman–Crippen LogP) is 8.27. The van der Waals surface area contributed by atoms with Gasteiger partial charge in [0.1, 0.15) is 0 Å². The van der Waals surface area contributed by atoms with Gasteiger partial charge >= 0.3 is 0 Å². The summed E-state index contributed by atoms with van der Waals surface area (Å²) < 4.78 is 0. The van der Waals surface area contributed by atoms with Crippen molar-refractivity contribution >= 4 is 0 Å². The van der Waals surface area contributed by atoms with Gasteiger partial charge in [0.2, 0.25) is 0 Å². The molecule has 0 radical (unpaired) electrons. The van der Waals surface area contributed by atoms with Crippen molar-refractivity contribution in [3.63, 3.8) is 0 Å². The third kappa shape index (κ3) is 4.10. The highest BCUT2D eigenvalue weighted by molar-refractivity contribution is 5.60. The molecule has 0 saturated heterocycles. The minimum absolute atomic E-state index is 0.430. The molecule has 0 aromatic heterocycles. The fourth-order valence-electron chi connectivity index (χ4n) is 6.13. The van der Waals surface area contributed by atoms with Crippen LogP contribution in [0.25, 0.3) is 0 Å². The molecule has 5 rings (SSSR count). The fourth-order valence-corrected chi connectivity index (χ4v) is 6.13. The topological polar surface area (TPSA) is 0 Å². The highest BCUT2D eigenvalue weighted by Crippen LogP contribution is 2.44. The zero-order valence-electron chi connectivity index (χ0n) is 19.4. The van der Waals surface area contributed by atoms with E-state index < -0.39 is 0 Å². The van der Waals surface area contributed by atoms with Crippen molar-refractivity contribution in [3.8, 4) is 0 Å². The van der Waals surface area contributed by atoms with E-state index in [9.17, 15) is 0 Å². The molecule has 31 heavy (non-hydrogen) atoms. The first-order valence-electron chi connectivity index (χ1n) is 12.4. The lowest BCUT2D eigenvalue weighted by Gasteiger charge is -2.37. The fraction of sp³-hybridized carbons (Fsp3) is 0.419. The first-order valence-corrected chi connectivity index (χ1v) is 12.4. The van der Waals surface area contributed by atoms with E-state index in [-0.39, 0.29) is 0 Å². The molecule has 4 aliphatic carbocycles. The van der Waals surface area contributed by atoms with Crippen LogP contribution in [-0.2, 0) is 6.42 Å². The molecule has 160 valence electrons. The van der Waals surface area contributed by atoms with Crippen molar-refractivity contribution in [2.75, 3.05) is 0 Å². The minimum Gasteiger partial charge on any atom is -0.0836 e. The normalized spacial score (nSPS) is 32.2. The number of hydrogen-bond donors (Lipinski definition) is 0. The number of hydrogen-bond acceptors (Lipinski definition) is 0. The molecule has 0 spiro atoms. The Morgan fingerprint density at radius 2 is 1.61 bits per heavy atom. The summed E-state index contributed by atoms with van der Waals surface area (Å²) in [5.74, 6) is 3.65. The van der Waals surface area contributed by atoms with Gasteiger partial charge in [0.15, 0.2) is 0 Å². The van der Waals surface area contributed by atoms with Gasteiger partial charge in [-0.15, -0.1) is 0 Å². The van der Waals surface area contributed by atoms with E-state index >= 15 is 0 Å². The van der Waals surface area contributed by atoms with E-state index in [0.29, 0.717) is 5.92 Å². The number of rotatable bonds is 4. The van der Waals surface area contributed by atoms with Gasteiger partial charge in [0, 0.05) is 5.92 Å². The van der Waals surface area contributed by atoms with Gasteiger partial charge < -0.3 is 0 Å². The van der Waals surface area contributed by atoms with Gasteiger partial charge in [-0.05, 0) is 89.2 Å². The molecule has 1 saturated carbocycles. The van der Waals surface area contributed by atoms with Crippen molar-refractivity contribution in [1.82, 2.24) is 0 Å². The Labute approximate surface area is 188 Å². The molecule has 0 bridgehead atoms. The van der Waals surface area contributed by atoms with Crippen LogP contribution < -0.4 is 0 Å². The summed E-state index contributed by atoms with van der Waals surface area (Å²) in [4.78, 5) is 0. The second kappa shape index (κ2) is 8.65. The molecule has 0 nitrogen and oxygen atoms in total. The molecule has 5 atom stereocenters. The molecule has 0 heterocycles. The van der Waals surface area contributed by atoms with Gasteiger partial charge in [0.05, 0.1) is 0 Å². The van der Waals surface area contributed by atoms with E-state index in [1.54, 1.807) is 5.56 Å². The first-order chi connectivity index (χ1) is 15.1. The maximum atomic E-state index is 2.45. The Morgan fingerprint density at radius 1 is 0.806 bits per heavy atom. The van der Waals surface area contributed by atoms with Gasteiger partial charge in [-0.25, -0.2) is 0 Å². The Bertz CT molecular complexity index is 1000. The van der Waals surface area contributed by atoms with Crippen molar-refractivity contribution in [1.29, 1.82) is 0 Å². The van der Waals surface area contributed by atoms with Crippen molar-refractivity contribution < 1.29 is 0 Å². The van der Waals surface area contributed by atoms with Gasteiger partial charge in [-0.1, -0.05) is 93.6 Å². The second-order valence-electron chi connectivity index (χ2n) is 10.4. The largest absolute Gasteiger partial charge is 0.0836 e. The molecule has 4 aliphatic rings. The second-order valence-corrected chi connectivity index (χ2v) is 10.4. The van der Waals surface area contributed by atoms with Crippen molar-refractivity contribution in [2.24, 2.45) is 23.7 Å². The molecule has 0 amide bonds. The summed E-state index contributed by atoms with van der Waals surface area (Å²) in [5.41, 5.74) is 8.82. The lowest BCUT2D eigenvalue weighted by molar-refractivity contribution is 0.190. The summed E-state index contributed by atoms with van der Waals surface area (Å²) in [7, 11) is 0. The third-order valence-corrected chi connectivity index (χ3v) is 8.24. The summed E-state index contributed by atoms with van der Waals surface area (Å²) in [6, 6.07) is 9.60. The van der Waals surface area contributed by atoms with Crippen LogP contribution in [0.2, 0.25) is 0 Å². The highest BCUT2D eigenvalue weighted by Gasteiger charge is 2.31. The Hall–Kier alpha value is -2.34. The Balaban J connectivity index is 1.33. The summed E-state index contributed by atoms with van der Waals surface area (Å²) in [6.45, 7) is 7.32. The van der Waals surface area contributed by atoms with E-state index in [2.05, 4.69) is 93.6 Å². The molecule has 0 N–H and O–H groups in total. The van der Waals surface area contributed by atoms with Crippen LogP contribution in [0.4, 0.5) is 0 Å². The van der Waals surface area contributed by atoms with Crippen molar-refractivity contribution in [3.05, 3.63) is 106 Å². The maximum Gasteiger partial charge on any atom is 0.0281 e. The zero-order valence-corrected chi connectivity index (χ0v) is 19.4. The number of allylic oxidation sites excluding steroid dienone is 12. The Kier molecular flexibility index (Phi) is 5.74. The van der Waals surface area contributed by atoms with Crippen molar-refractivity contribution in [2.45, 2.75) is 58.8 Å². The molecular formula is C31H36. The molecule has 0 aliphatic heterocycles. The third-order valence-electron chi connectivity index (χ3n) is 8.24. The van der Waals surface area contributed by atoms with Crippen LogP contribution in [-0.4, -0.2) is 0 Å². The maximum absolute atomic E-state index is 2.45. The monoisotopic (exact) mass is 408 g/mol. The smallest absolute Gasteiger partial charge is 0.0281 e. The van der Waals surface area contributed by atoms with Crippen LogP contribution in [0.3, 0.4) is 0 Å². The summed E-state index contributed by atoms with van der Waals surface area (Å²) in [6.07, 6.45) is 24.8. The molecular weight excluding hydrogens is 372 g/mol. The molecule has 0 heteroatoms. The molecule has 1 fully saturated rings. The van der Waals surface area contributed by atoms with Crippen LogP contribution in [0.15, 0.2) is 95.2 Å². The SMILES string of the molecule is CC1CC(C)C(c2ccc(CC3=CC=C(C4=CCCC=C4)C4C=CC=C34)cc2)CC1C. The first kappa shape index (κ1) is 20.6. The summed E-state index contributed by atoms with van der Waals surface area (Å²) >= 11 is 0. The minimum atomic E-state index is 0.430. The van der Waals surface area contributed by atoms with Crippen LogP contribution in [0, 0.1) is 23.7 Å². The highest BCUT2D eigenvalue weighted by atomic mass is 14.4. The predicted molar refractivity (Wildman–Crippen MR) is 133 cm³/mol. The lowest BCUT2D eigenvalue weighted by Crippen LogP contribution is -2.26. The quantitative estimate of drug-likeness (QED) is 0.470. The molecule has 1 aromatic rings. The lowest BCUT2D eigenvalue weighted by atomic mass is 9.68. The van der Waals surface area contributed by atoms with Crippen LogP contribution >= 0.6 is 0 Å².